The van der Waals surface area contributed by atoms with E-state index in [1.165, 1.54) is 5.39 Å². The number of primary amides is 1. The van der Waals surface area contributed by atoms with Gasteiger partial charge in [-0.2, -0.15) is 0 Å². The molecule has 0 atom stereocenters. The molecule has 3 aromatic carbocycles. The Kier molecular flexibility index (Phi) is 5.54. The minimum atomic E-state index is -0.930. The van der Waals surface area contributed by atoms with Crippen molar-refractivity contribution >= 4 is 22.7 Å². The average molecular weight is 405 g/mol. The first-order valence-electron chi connectivity index (χ1n) is 9.80. The first-order chi connectivity index (χ1) is 14.5. The SMILES string of the molecule is NC(=O)N(O)CCOc1ccc2c(c1)CCN(Cc1cccc3ccccc13)C2=O. The Hall–Kier alpha value is -3.58. The van der Waals surface area contributed by atoms with E-state index in [2.05, 4.69) is 24.3 Å². The first-order valence-corrected chi connectivity index (χ1v) is 9.80. The van der Waals surface area contributed by atoms with E-state index in [4.69, 9.17) is 10.5 Å². The molecule has 4 rings (SSSR count). The molecule has 0 unspecified atom stereocenters. The van der Waals surface area contributed by atoms with Gasteiger partial charge >= 0.3 is 6.03 Å². The standard InChI is InChI=1S/C23H23N3O4/c24-23(28)26(29)12-13-30-19-8-9-21-17(14-19)10-11-25(22(21)27)15-18-6-3-5-16-4-1-2-7-20(16)18/h1-9,14,29H,10-13,15H2,(H2,24,28). The van der Waals surface area contributed by atoms with Crippen LogP contribution in [-0.2, 0) is 13.0 Å². The van der Waals surface area contributed by atoms with Gasteiger partial charge in [0, 0.05) is 18.7 Å². The number of hydrogen-bond acceptors (Lipinski definition) is 4. The van der Waals surface area contributed by atoms with Crippen molar-refractivity contribution in [2.45, 2.75) is 13.0 Å². The van der Waals surface area contributed by atoms with Gasteiger partial charge in [-0.3, -0.25) is 10.0 Å². The van der Waals surface area contributed by atoms with E-state index >= 15 is 0 Å². The Morgan fingerprint density at radius 1 is 1.13 bits per heavy atom. The summed E-state index contributed by atoms with van der Waals surface area (Å²) in [6.07, 6.45) is 0.733. The van der Waals surface area contributed by atoms with Crippen molar-refractivity contribution in [1.29, 1.82) is 0 Å². The lowest BCUT2D eigenvalue weighted by Gasteiger charge is -2.29. The maximum Gasteiger partial charge on any atom is 0.338 e. The van der Waals surface area contributed by atoms with Gasteiger partial charge in [0.2, 0.25) is 0 Å². The number of ether oxygens (including phenoxy) is 1. The summed E-state index contributed by atoms with van der Waals surface area (Å²) in [5.41, 5.74) is 7.70. The smallest absolute Gasteiger partial charge is 0.338 e. The maximum atomic E-state index is 13.0. The van der Waals surface area contributed by atoms with E-state index < -0.39 is 6.03 Å². The molecule has 0 saturated heterocycles. The van der Waals surface area contributed by atoms with Gasteiger partial charge < -0.3 is 15.4 Å². The third-order valence-electron chi connectivity index (χ3n) is 5.31. The molecular weight excluding hydrogens is 382 g/mol. The van der Waals surface area contributed by atoms with E-state index in [0.29, 0.717) is 29.5 Å². The molecule has 1 aliphatic heterocycles. The lowest BCUT2D eigenvalue weighted by atomic mass is 9.97. The van der Waals surface area contributed by atoms with Crippen molar-refractivity contribution in [3.05, 3.63) is 77.4 Å². The Morgan fingerprint density at radius 3 is 2.77 bits per heavy atom. The highest BCUT2D eigenvalue weighted by Gasteiger charge is 2.25. The van der Waals surface area contributed by atoms with Crippen LogP contribution in [0.25, 0.3) is 10.8 Å². The molecule has 3 aromatic rings. The summed E-state index contributed by atoms with van der Waals surface area (Å²) in [5, 5.41) is 12.0. The van der Waals surface area contributed by atoms with E-state index in [-0.39, 0.29) is 19.1 Å². The zero-order valence-corrected chi connectivity index (χ0v) is 16.5. The third kappa shape index (κ3) is 4.06. The molecule has 0 spiro atoms. The minimum absolute atomic E-state index is 0.00555. The molecule has 1 aliphatic rings. The highest BCUT2D eigenvalue weighted by atomic mass is 16.5. The van der Waals surface area contributed by atoms with Gasteiger partial charge in [0.15, 0.2) is 0 Å². The molecule has 3 N–H and O–H groups in total. The van der Waals surface area contributed by atoms with Crippen LogP contribution in [0.1, 0.15) is 21.5 Å². The lowest BCUT2D eigenvalue weighted by Crippen LogP contribution is -2.37. The van der Waals surface area contributed by atoms with Crippen LogP contribution in [0.2, 0.25) is 0 Å². The number of carbonyl (C=O) groups excluding carboxylic acids is 2. The van der Waals surface area contributed by atoms with Crippen molar-refractivity contribution in [2.24, 2.45) is 5.73 Å². The predicted molar refractivity (Wildman–Crippen MR) is 112 cm³/mol. The average Bonchev–Trinajstić information content (AvgIpc) is 2.76. The van der Waals surface area contributed by atoms with Crippen molar-refractivity contribution < 1.29 is 19.5 Å². The van der Waals surface area contributed by atoms with E-state index in [0.717, 1.165) is 22.9 Å². The number of urea groups is 1. The van der Waals surface area contributed by atoms with E-state index in [1.807, 2.05) is 29.2 Å². The van der Waals surface area contributed by atoms with Crippen LogP contribution in [0.5, 0.6) is 5.75 Å². The molecule has 3 amide bonds. The first kappa shape index (κ1) is 19.7. The summed E-state index contributed by atoms with van der Waals surface area (Å²) in [5.74, 6) is 0.591. The second kappa shape index (κ2) is 8.42. The number of hydroxylamine groups is 2. The number of rotatable bonds is 6. The molecule has 7 nitrogen and oxygen atoms in total. The molecule has 1 heterocycles. The van der Waals surface area contributed by atoms with Gasteiger partial charge in [-0.15, -0.1) is 0 Å². The Balaban J connectivity index is 1.45. The van der Waals surface area contributed by atoms with Gasteiger partial charge in [0.05, 0.1) is 6.54 Å². The monoisotopic (exact) mass is 405 g/mol. The Morgan fingerprint density at radius 2 is 1.93 bits per heavy atom. The quantitative estimate of drug-likeness (QED) is 0.486. The van der Waals surface area contributed by atoms with Crippen LogP contribution >= 0.6 is 0 Å². The molecule has 0 aliphatic carbocycles. The second-order valence-corrected chi connectivity index (χ2v) is 7.24. The summed E-state index contributed by atoms with van der Waals surface area (Å²) in [6, 6.07) is 18.8. The molecule has 0 radical (unpaired) electrons. The van der Waals surface area contributed by atoms with Crippen LogP contribution < -0.4 is 10.5 Å². The molecule has 154 valence electrons. The summed E-state index contributed by atoms with van der Waals surface area (Å²) >= 11 is 0. The van der Waals surface area contributed by atoms with E-state index in [9.17, 15) is 14.8 Å². The molecule has 0 bridgehead atoms. The summed E-state index contributed by atoms with van der Waals surface area (Å²) in [6.45, 7) is 1.26. The van der Waals surface area contributed by atoms with Gasteiger partial charge in [-0.1, -0.05) is 42.5 Å². The van der Waals surface area contributed by atoms with Crippen molar-refractivity contribution in [1.82, 2.24) is 9.96 Å². The number of hydrogen-bond donors (Lipinski definition) is 2. The fraction of sp³-hybridized carbons (Fsp3) is 0.217. The second-order valence-electron chi connectivity index (χ2n) is 7.24. The van der Waals surface area contributed by atoms with Gasteiger partial charge in [-0.05, 0) is 46.5 Å². The fourth-order valence-electron chi connectivity index (χ4n) is 3.75. The lowest BCUT2D eigenvalue weighted by molar-refractivity contribution is -0.0464. The van der Waals surface area contributed by atoms with Crippen LogP contribution in [0.15, 0.2) is 60.7 Å². The van der Waals surface area contributed by atoms with E-state index in [1.54, 1.807) is 12.1 Å². The van der Waals surface area contributed by atoms with Gasteiger partial charge in [0.25, 0.3) is 5.91 Å². The molecule has 0 fully saturated rings. The van der Waals surface area contributed by atoms with Crippen LogP contribution in [0.4, 0.5) is 4.79 Å². The van der Waals surface area contributed by atoms with Crippen LogP contribution in [-0.4, -0.2) is 46.8 Å². The number of carbonyl (C=O) groups is 2. The highest BCUT2D eigenvalue weighted by Crippen LogP contribution is 2.26. The number of nitrogens with zero attached hydrogens (tertiary/aromatic N) is 2. The number of fused-ring (bicyclic) bond motifs is 2. The molecular formula is C23H23N3O4. The third-order valence-corrected chi connectivity index (χ3v) is 5.31. The van der Waals surface area contributed by atoms with Gasteiger partial charge in [-0.25, -0.2) is 9.86 Å². The maximum absolute atomic E-state index is 13.0. The van der Waals surface area contributed by atoms with Crippen LogP contribution in [0, 0.1) is 0 Å². The van der Waals surface area contributed by atoms with Crippen molar-refractivity contribution in [2.75, 3.05) is 19.7 Å². The largest absolute Gasteiger partial charge is 0.492 e. The van der Waals surface area contributed by atoms with Gasteiger partial charge in [0.1, 0.15) is 12.4 Å². The van der Waals surface area contributed by atoms with Crippen molar-refractivity contribution in [3.8, 4) is 5.75 Å². The molecule has 7 heteroatoms. The summed E-state index contributed by atoms with van der Waals surface area (Å²) in [7, 11) is 0. The zero-order chi connectivity index (χ0) is 21.1. The topological polar surface area (TPSA) is 96.1 Å². The Bertz CT molecular complexity index is 1090. The zero-order valence-electron chi connectivity index (χ0n) is 16.5. The number of amides is 3. The predicted octanol–water partition coefficient (Wildman–Crippen LogP) is 3.19. The molecule has 30 heavy (non-hydrogen) atoms. The van der Waals surface area contributed by atoms with Crippen LogP contribution in [0.3, 0.4) is 0 Å². The fourth-order valence-corrected chi connectivity index (χ4v) is 3.75. The summed E-state index contributed by atoms with van der Waals surface area (Å²) < 4.78 is 5.56. The molecule has 0 aromatic heterocycles. The minimum Gasteiger partial charge on any atom is -0.492 e. The Labute approximate surface area is 174 Å². The number of nitrogens with two attached hydrogens (primary N) is 1. The number of benzene rings is 3. The summed E-state index contributed by atoms with van der Waals surface area (Å²) in [4.78, 5) is 25.7. The molecule has 0 saturated carbocycles. The normalized spacial score (nSPS) is 13.2. The van der Waals surface area contributed by atoms with Crippen molar-refractivity contribution in [3.63, 3.8) is 0 Å². The highest BCUT2D eigenvalue weighted by molar-refractivity contribution is 5.97.